The summed E-state index contributed by atoms with van der Waals surface area (Å²) in [5.41, 5.74) is 0.337. The Morgan fingerprint density at radius 1 is 1.48 bits per heavy atom. The Balaban J connectivity index is 2.20. The Hall–Kier alpha value is -0.880. The van der Waals surface area contributed by atoms with Gasteiger partial charge in [0.2, 0.25) is 0 Å². The van der Waals surface area contributed by atoms with Crippen LogP contribution in [0.3, 0.4) is 0 Å². The Morgan fingerprint density at radius 3 is 2.76 bits per heavy atom. The average molecular weight is 332 g/mol. The Labute approximate surface area is 134 Å². The third-order valence-electron chi connectivity index (χ3n) is 3.78. The first-order chi connectivity index (χ1) is 10.0. The van der Waals surface area contributed by atoms with Gasteiger partial charge in [0.15, 0.2) is 0 Å². The second-order valence-electron chi connectivity index (χ2n) is 5.24. The molecular weight excluding hydrogens is 313 g/mol. The summed E-state index contributed by atoms with van der Waals surface area (Å²) in [6, 6.07) is 1.59. The molecule has 1 aromatic heterocycles. The maximum atomic E-state index is 12.7. The lowest BCUT2D eigenvalue weighted by molar-refractivity contribution is 0.0540. The van der Waals surface area contributed by atoms with E-state index in [1.807, 2.05) is 0 Å². The molecule has 116 valence electrons. The summed E-state index contributed by atoms with van der Waals surface area (Å²) in [6.07, 6.45) is 3.15. The van der Waals surface area contributed by atoms with Gasteiger partial charge in [-0.15, -0.1) is 0 Å². The molecule has 1 amide bonds. The van der Waals surface area contributed by atoms with Gasteiger partial charge in [0.1, 0.15) is 5.15 Å². The molecule has 0 aromatic carbocycles. The fraction of sp³-hybridized carbons (Fsp3) is 0.571. The highest BCUT2D eigenvalue weighted by Crippen LogP contribution is 2.23. The van der Waals surface area contributed by atoms with E-state index in [9.17, 15) is 9.90 Å². The van der Waals surface area contributed by atoms with Gasteiger partial charge >= 0.3 is 0 Å². The minimum atomic E-state index is -0.201. The number of nitrogens with zero attached hydrogens (tertiary/aromatic N) is 3. The summed E-state index contributed by atoms with van der Waals surface area (Å²) in [4.78, 5) is 20.5. The number of hydrogen-bond acceptors (Lipinski definition) is 4. The van der Waals surface area contributed by atoms with Gasteiger partial charge in [-0.05, 0) is 39.0 Å². The van der Waals surface area contributed by atoms with E-state index in [-0.39, 0.29) is 28.7 Å². The molecule has 0 unspecified atom stereocenters. The molecule has 7 heteroatoms. The van der Waals surface area contributed by atoms with E-state index in [0.717, 1.165) is 25.9 Å². The highest BCUT2D eigenvalue weighted by atomic mass is 35.5. The van der Waals surface area contributed by atoms with Gasteiger partial charge in [0.25, 0.3) is 5.91 Å². The normalized spacial score (nSPS) is 17.0. The van der Waals surface area contributed by atoms with E-state index in [2.05, 4.69) is 16.9 Å². The molecule has 0 spiro atoms. The molecule has 0 saturated carbocycles. The molecule has 5 nitrogen and oxygen atoms in total. The van der Waals surface area contributed by atoms with Crippen molar-refractivity contribution in [2.24, 2.45) is 0 Å². The number of likely N-dealkylation sites (tertiary alicyclic amines) is 1. The van der Waals surface area contributed by atoms with Gasteiger partial charge in [-0.2, -0.15) is 0 Å². The zero-order valence-corrected chi connectivity index (χ0v) is 13.4. The van der Waals surface area contributed by atoms with Crippen molar-refractivity contribution < 1.29 is 9.90 Å². The summed E-state index contributed by atoms with van der Waals surface area (Å²) >= 11 is 11.9. The summed E-state index contributed by atoms with van der Waals surface area (Å²) in [6.45, 7) is 2.09. The molecule has 2 heterocycles. The monoisotopic (exact) mass is 331 g/mol. The fourth-order valence-corrected chi connectivity index (χ4v) is 2.94. The van der Waals surface area contributed by atoms with Crippen LogP contribution in [0, 0.1) is 0 Å². The average Bonchev–Trinajstić information content (AvgIpc) is 2.48. The predicted octanol–water partition coefficient (Wildman–Crippen LogP) is 1.92. The lowest BCUT2D eigenvalue weighted by Crippen LogP contribution is -2.47. The number of amides is 1. The first-order valence-electron chi connectivity index (χ1n) is 6.94. The van der Waals surface area contributed by atoms with Crippen LogP contribution in [-0.4, -0.2) is 65.1 Å². The van der Waals surface area contributed by atoms with E-state index in [4.69, 9.17) is 23.2 Å². The van der Waals surface area contributed by atoms with Gasteiger partial charge in [0, 0.05) is 18.8 Å². The highest BCUT2D eigenvalue weighted by Gasteiger charge is 2.28. The van der Waals surface area contributed by atoms with Crippen LogP contribution in [0.1, 0.15) is 23.2 Å². The van der Waals surface area contributed by atoms with Crippen molar-refractivity contribution in [1.29, 1.82) is 0 Å². The Morgan fingerprint density at radius 2 is 2.14 bits per heavy atom. The minimum Gasteiger partial charge on any atom is -0.395 e. The molecule has 1 aromatic rings. The van der Waals surface area contributed by atoms with Crippen LogP contribution in [0.2, 0.25) is 10.2 Å². The maximum absolute atomic E-state index is 12.7. The molecule has 1 fully saturated rings. The Kier molecular flexibility index (Phi) is 5.81. The van der Waals surface area contributed by atoms with Gasteiger partial charge in [-0.3, -0.25) is 4.79 Å². The van der Waals surface area contributed by atoms with Crippen LogP contribution in [0.25, 0.3) is 0 Å². The third-order valence-corrected chi connectivity index (χ3v) is 4.29. The molecule has 0 radical (unpaired) electrons. The number of pyridine rings is 1. The van der Waals surface area contributed by atoms with Crippen molar-refractivity contribution in [2.75, 3.05) is 33.3 Å². The molecule has 2 rings (SSSR count). The Bertz CT molecular complexity index is 505. The number of aliphatic hydroxyl groups excluding tert-OH is 1. The van der Waals surface area contributed by atoms with Crippen molar-refractivity contribution in [3.8, 4) is 0 Å². The van der Waals surface area contributed by atoms with Crippen LogP contribution < -0.4 is 0 Å². The fourth-order valence-electron chi connectivity index (χ4n) is 2.60. The van der Waals surface area contributed by atoms with Crippen molar-refractivity contribution in [2.45, 2.75) is 18.9 Å². The van der Waals surface area contributed by atoms with E-state index >= 15 is 0 Å². The zero-order valence-electron chi connectivity index (χ0n) is 11.9. The number of carbonyl (C=O) groups is 1. The van der Waals surface area contributed by atoms with Crippen molar-refractivity contribution in [3.63, 3.8) is 0 Å². The lowest BCUT2D eigenvalue weighted by Gasteiger charge is -2.37. The molecule has 0 aliphatic carbocycles. The van der Waals surface area contributed by atoms with Crippen LogP contribution in [0.4, 0.5) is 0 Å². The molecule has 1 aliphatic heterocycles. The van der Waals surface area contributed by atoms with E-state index in [1.165, 1.54) is 12.3 Å². The van der Waals surface area contributed by atoms with Crippen LogP contribution in [0.5, 0.6) is 0 Å². The smallest absolute Gasteiger partial charge is 0.255 e. The molecule has 21 heavy (non-hydrogen) atoms. The van der Waals surface area contributed by atoms with E-state index in [1.54, 1.807) is 4.90 Å². The second-order valence-corrected chi connectivity index (χ2v) is 6.04. The molecule has 1 N–H and O–H groups in total. The number of hydrogen-bond donors (Lipinski definition) is 1. The first kappa shape index (κ1) is 16.5. The zero-order chi connectivity index (χ0) is 15.4. The summed E-state index contributed by atoms with van der Waals surface area (Å²) in [5, 5.41) is 9.77. The van der Waals surface area contributed by atoms with Gasteiger partial charge in [-0.25, -0.2) is 4.98 Å². The number of carbonyl (C=O) groups excluding carboxylic acids is 1. The number of rotatable bonds is 4. The highest BCUT2D eigenvalue weighted by molar-refractivity contribution is 6.35. The van der Waals surface area contributed by atoms with Gasteiger partial charge in [0.05, 0.1) is 17.2 Å². The maximum Gasteiger partial charge on any atom is 0.255 e. The van der Waals surface area contributed by atoms with E-state index in [0.29, 0.717) is 12.1 Å². The number of halogens is 2. The molecular formula is C14H19Cl2N3O2. The third kappa shape index (κ3) is 4.07. The van der Waals surface area contributed by atoms with Gasteiger partial charge < -0.3 is 14.9 Å². The first-order valence-corrected chi connectivity index (χ1v) is 7.70. The van der Waals surface area contributed by atoms with Crippen molar-refractivity contribution in [3.05, 3.63) is 28.0 Å². The second kappa shape index (κ2) is 7.40. The topological polar surface area (TPSA) is 56.7 Å². The largest absolute Gasteiger partial charge is 0.395 e. The molecule has 0 atom stereocenters. The number of piperidine rings is 1. The van der Waals surface area contributed by atoms with Gasteiger partial charge in [-0.1, -0.05) is 23.2 Å². The number of aliphatic hydroxyl groups is 1. The quantitative estimate of drug-likeness (QED) is 0.856. The van der Waals surface area contributed by atoms with Crippen molar-refractivity contribution >= 4 is 29.1 Å². The lowest BCUT2D eigenvalue weighted by atomic mass is 10.0. The van der Waals surface area contributed by atoms with Crippen LogP contribution in [0.15, 0.2) is 12.3 Å². The van der Waals surface area contributed by atoms with Crippen LogP contribution >= 0.6 is 23.2 Å². The molecule has 1 aliphatic rings. The SMILES string of the molecule is CN1CCC(N(CCO)C(=O)c2cc(Cl)ncc2Cl)CC1. The number of aromatic nitrogens is 1. The van der Waals surface area contributed by atoms with Crippen LogP contribution in [-0.2, 0) is 0 Å². The molecule has 0 bridgehead atoms. The summed E-state index contributed by atoms with van der Waals surface area (Å²) in [5.74, 6) is -0.201. The molecule has 1 saturated heterocycles. The summed E-state index contributed by atoms with van der Waals surface area (Å²) in [7, 11) is 2.06. The standard InChI is InChI=1S/C14H19Cl2N3O2/c1-18-4-2-10(3-5-18)19(6-7-20)14(21)11-8-13(16)17-9-12(11)15/h8-10,20H,2-7H2,1H3. The summed E-state index contributed by atoms with van der Waals surface area (Å²) < 4.78 is 0. The minimum absolute atomic E-state index is 0.0749. The van der Waals surface area contributed by atoms with E-state index < -0.39 is 0 Å². The predicted molar refractivity (Wildman–Crippen MR) is 82.9 cm³/mol. The van der Waals surface area contributed by atoms with Crippen molar-refractivity contribution in [1.82, 2.24) is 14.8 Å².